The van der Waals surface area contributed by atoms with Gasteiger partial charge in [-0.1, -0.05) is 6.08 Å². The maximum absolute atomic E-state index is 5.51. The van der Waals surface area contributed by atoms with Crippen molar-refractivity contribution in [1.29, 1.82) is 0 Å². The molecule has 1 aromatic rings. The third-order valence-electron chi connectivity index (χ3n) is 2.80. The molecule has 1 atom stereocenters. The third-order valence-corrected chi connectivity index (χ3v) is 2.80. The van der Waals surface area contributed by atoms with E-state index in [2.05, 4.69) is 28.6 Å². The number of aryl methyl sites for hydroxylation is 1. The van der Waals surface area contributed by atoms with Crippen LogP contribution in [0.15, 0.2) is 18.9 Å². The van der Waals surface area contributed by atoms with Gasteiger partial charge in [0.15, 0.2) is 0 Å². The van der Waals surface area contributed by atoms with Gasteiger partial charge in [0.1, 0.15) is 0 Å². The normalized spacial score (nSPS) is 22.9. The van der Waals surface area contributed by atoms with Gasteiger partial charge in [-0.3, -0.25) is 10.00 Å². The van der Waals surface area contributed by atoms with E-state index in [0.29, 0.717) is 6.04 Å². The van der Waals surface area contributed by atoms with Crippen LogP contribution in [0.25, 0.3) is 0 Å². The molecule has 2 rings (SSSR count). The zero-order chi connectivity index (χ0) is 10.7. The smallest absolute Gasteiger partial charge is 0.0758 e. The van der Waals surface area contributed by atoms with Crippen LogP contribution in [0.3, 0.4) is 0 Å². The molecule has 82 valence electrons. The van der Waals surface area contributed by atoms with Gasteiger partial charge in [-0.2, -0.15) is 5.10 Å². The van der Waals surface area contributed by atoms with Gasteiger partial charge >= 0.3 is 0 Å². The van der Waals surface area contributed by atoms with E-state index in [1.54, 1.807) is 0 Å². The van der Waals surface area contributed by atoms with Gasteiger partial charge in [0.2, 0.25) is 0 Å². The van der Waals surface area contributed by atoms with Gasteiger partial charge in [-0.15, -0.1) is 6.58 Å². The minimum absolute atomic E-state index is 0.291. The fourth-order valence-corrected chi connectivity index (χ4v) is 1.98. The highest BCUT2D eigenvalue weighted by molar-refractivity contribution is 5.18. The van der Waals surface area contributed by atoms with Crippen LogP contribution >= 0.6 is 0 Å². The summed E-state index contributed by atoms with van der Waals surface area (Å²) in [5.74, 6) is 0. The average Bonchev–Trinajstić information content (AvgIpc) is 2.66. The number of morpholine rings is 1. The molecule has 1 fully saturated rings. The average molecular weight is 207 g/mol. The molecule has 1 N–H and O–H groups in total. The second-order valence-electron chi connectivity index (χ2n) is 3.84. The third kappa shape index (κ3) is 2.11. The van der Waals surface area contributed by atoms with Gasteiger partial charge in [0.25, 0.3) is 0 Å². The maximum atomic E-state index is 5.51. The Morgan fingerprint density at radius 1 is 1.80 bits per heavy atom. The highest BCUT2D eigenvalue weighted by atomic mass is 16.5. The van der Waals surface area contributed by atoms with E-state index in [0.717, 1.165) is 32.0 Å². The monoisotopic (exact) mass is 207 g/mol. The van der Waals surface area contributed by atoms with Crippen LogP contribution in [0, 0.1) is 6.92 Å². The van der Waals surface area contributed by atoms with Crippen molar-refractivity contribution in [2.45, 2.75) is 13.0 Å². The number of nitrogens with one attached hydrogen (secondary N) is 1. The molecule has 15 heavy (non-hydrogen) atoms. The molecule has 4 heteroatoms. The Labute approximate surface area is 89.9 Å². The molecule has 0 amide bonds. The van der Waals surface area contributed by atoms with Gasteiger partial charge in [-0.05, 0) is 12.5 Å². The minimum Gasteiger partial charge on any atom is -0.378 e. The lowest BCUT2D eigenvalue weighted by Crippen LogP contribution is -2.40. The molecule has 0 spiro atoms. The van der Waals surface area contributed by atoms with Crippen molar-refractivity contribution in [2.24, 2.45) is 0 Å². The first-order valence-electron chi connectivity index (χ1n) is 5.25. The van der Waals surface area contributed by atoms with Crippen molar-refractivity contribution in [3.63, 3.8) is 0 Å². The number of aromatic nitrogens is 2. The van der Waals surface area contributed by atoms with Crippen molar-refractivity contribution in [2.75, 3.05) is 26.3 Å². The minimum atomic E-state index is 0.291. The van der Waals surface area contributed by atoms with E-state index in [1.807, 2.05) is 12.3 Å². The second kappa shape index (κ2) is 4.59. The first-order chi connectivity index (χ1) is 7.33. The van der Waals surface area contributed by atoms with Crippen molar-refractivity contribution in [1.82, 2.24) is 15.1 Å². The predicted molar refractivity (Wildman–Crippen MR) is 58.7 cm³/mol. The molecule has 2 heterocycles. The molecular formula is C11H17N3O. The van der Waals surface area contributed by atoms with E-state index in [1.165, 1.54) is 5.56 Å². The fraction of sp³-hybridized carbons (Fsp3) is 0.545. The van der Waals surface area contributed by atoms with Gasteiger partial charge in [0.05, 0.1) is 31.1 Å². The molecule has 0 unspecified atom stereocenters. The Bertz CT molecular complexity index is 334. The van der Waals surface area contributed by atoms with Crippen LogP contribution in [0.2, 0.25) is 0 Å². The summed E-state index contributed by atoms with van der Waals surface area (Å²) in [7, 11) is 0. The van der Waals surface area contributed by atoms with Gasteiger partial charge in [-0.25, -0.2) is 0 Å². The van der Waals surface area contributed by atoms with Crippen LogP contribution in [0.1, 0.15) is 17.3 Å². The molecule has 1 saturated heterocycles. The van der Waals surface area contributed by atoms with Crippen LogP contribution in [0.5, 0.6) is 0 Å². The van der Waals surface area contributed by atoms with E-state index < -0.39 is 0 Å². The number of H-pyrrole nitrogens is 1. The van der Waals surface area contributed by atoms with E-state index in [-0.39, 0.29) is 0 Å². The zero-order valence-corrected chi connectivity index (χ0v) is 9.07. The second-order valence-corrected chi connectivity index (χ2v) is 3.84. The Kier molecular flexibility index (Phi) is 3.18. The Morgan fingerprint density at radius 3 is 3.33 bits per heavy atom. The van der Waals surface area contributed by atoms with Gasteiger partial charge < -0.3 is 4.74 Å². The van der Waals surface area contributed by atoms with Crippen LogP contribution in [-0.4, -0.2) is 41.4 Å². The number of aromatic amines is 1. The quantitative estimate of drug-likeness (QED) is 0.759. The summed E-state index contributed by atoms with van der Waals surface area (Å²) in [5, 5.41) is 7.12. The molecule has 1 aliphatic heterocycles. The first-order valence-corrected chi connectivity index (χ1v) is 5.25. The summed E-state index contributed by atoms with van der Waals surface area (Å²) >= 11 is 0. The summed E-state index contributed by atoms with van der Waals surface area (Å²) in [4.78, 5) is 2.36. The van der Waals surface area contributed by atoms with Crippen molar-refractivity contribution in [3.8, 4) is 0 Å². The highest BCUT2D eigenvalue weighted by Gasteiger charge is 2.25. The molecule has 0 radical (unpaired) electrons. The molecule has 0 aromatic carbocycles. The molecule has 1 aliphatic rings. The van der Waals surface area contributed by atoms with E-state index in [4.69, 9.17) is 4.74 Å². The molecule has 0 bridgehead atoms. The Morgan fingerprint density at radius 2 is 2.67 bits per heavy atom. The van der Waals surface area contributed by atoms with Gasteiger partial charge in [0, 0.05) is 13.1 Å². The van der Waals surface area contributed by atoms with Crippen molar-refractivity contribution >= 4 is 0 Å². The number of ether oxygens (including phenoxy) is 1. The number of hydrogen-bond donors (Lipinski definition) is 1. The van der Waals surface area contributed by atoms with Crippen LogP contribution in [0.4, 0.5) is 0 Å². The SMILES string of the molecule is C=CCN1CCOC[C@@H]1c1[nH]ncc1C. The topological polar surface area (TPSA) is 41.1 Å². The summed E-state index contributed by atoms with van der Waals surface area (Å²) in [5.41, 5.74) is 2.36. The molecule has 0 aliphatic carbocycles. The molecule has 0 saturated carbocycles. The lowest BCUT2D eigenvalue weighted by atomic mass is 10.1. The molecule has 4 nitrogen and oxygen atoms in total. The number of nitrogens with zero attached hydrogens (tertiary/aromatic N) is 2. The summed E-state index contributed by atoms with van der Waals surface area (Å²) in [6.45, 7) is 9.24. The summed E-state index contributed by atoms with van der Waals surface area (Å²) in [6.07, 6.45) is 3.79. The lowest BCUT2D eigenvalue weighted by Gasteiger charge is -2.34. The molecule has 1 aromatic heterocycles. The molecular weight excluding hydrogens is 190 g/mol. The number of hydrogen-bond acceptors (Lipinski definition) is 3. The number of rotatable bonds is 3. The predicted octanol–water partition coefficient (Wildman–Crippen LogP) is 1.28. The van der Waals surface area contributed by atoms with Crippen molar-refractivity contribution < 1.29 is 4.74 Å². The standard InChI is InChI=1S/C11H17N3O/c1-3-4-14-5-6-15-8-10(14)11-9(2)7-12-13-11/h3,7,10H,1,4-6,8H2,2H3,(H,12,13)/t10-/m1/s1. The summed E-state index contributed by atoms with van der Waals surface area (Å²) < 4.78 is 5.51. The Hall–Kier alpha value is -1.13. The van der Waals surface area contributed by atoms with E-state index in [9.17, 15) is 0 Å². The maximum Gasteiger partial charge on any atom is 0.0758 e. The Balaban J connectivity index is 2.17. The highest BCUT2D eigenvalue weighted by Crippen LogP contribution is 2.24. The lowest BCUT2D eigenvalue weighted by molar-refractivity contribution is -0.00433. The summed E-state index contributed by atoms with van der Waals surface area (Å²) in [6, 6.07) is 0.291. The fourth-order valence-electron chi connectivity index (χ4n) is 1.98. The first kappa shape index (κ1) is 10.4. The van der Waals surface area contributed by atoms with Crippen LogP contribution < -0.4 is 0 Å². The van der Waals surface area contributed by atoms with Crippen LogP contribution in [-0.2, 0) is 4.74 Å². The largest absolute Gasteiger partial charge is 0.378 e. The zero-order valence-electron chi connectivity index (χ0n) is 9.07. The van der Waals surface area contributed by atoms with E-state index >= 15 is 0 Å². The van der Waals surface area contributed by atoms with Crippen molar-refractivity contribution in [3.05, 3.63) is 30.1 Å².